The average molecular weight is 572 g/mol. The molecule has 0 bridgehead atoms. The number of carbonyl (C=O) groups is 2. The molecule has 0 spiro atoms. The summed E-state index contributed by atoms with van der Waals surface area (Å²) in [5.74, 6) is -1.58. The molecule has 0 aromatic heterocycles. The number of sulfonamides is 1. The normalized spacial score (nSPS) is 12.2. The van der Waals surface area contributed by atoms with Crippen LogP contribution in [0.3, 0.4) is 0 Å². The molecular formula is C30H35F2N3O4S. The molecule has 40 heavy (non-hydrogen) atoms. The Bertz CT molecular complexity index is 1370. The fourth-order valence-corrected chi connectivity index (χ4v) is 5.30. The van der Waals surface area contributed by atoms with E-state index in [4.69, 9.17) is 0 Å². The summed E-state index contributed by atoms with van der Waals surface area (Å²) in [5, 5.41) is 2.90. The Kier molecular flexibility index (Phi) is 10.8. The van der Waals surface area contributed by atoms with Gasteiger partial charge in [-0.2, -0.15) is 0 Å². The fourth-order valence-electron chi connectivity index (χ4n) is 4.33. The minimum Gasteiger partial charge on any atom is -0.352 e. The van der Waals surface area contributed by atoms with E-state index >= 15 is 0 Å². The van der Waals surface area contributed by atoms with E-state index in [1.165, 1.54) is 41.3 Å². The summed E-state index contributed by atoms with van der Waals surface area (Å²) in [4.78, 5) is 28.6. The van der Waals surface area contributed by atoms with Crippen LogP contribution >= 0.6 is 0 Å². The lowest BCUT2D eigenvalue weighted by atomic mass is 10.0. The molecule has 1 atom stereocenters. The molecule has 3 rings (SSSR count). The molecule has 0 unspecified atom stereocenters. The largest absolute Gasteiger partial charge is 0.352 e. The van der Waals surface area contributed by atoms with E-state index in [0.29, 0.717) is 5.56 Å². The zero-order chi connectivity index (χ0) is 29.3. The highest BCUT2D eigenvalue weighted by Gasteiger charge is 2.31. The summed E-state index contributed by atoms with van der Waals surface area (Å²) in [7, 11) is -3.70. The monoisotopic (exact) mass is 571 g/mol. The van der Waals surface area contributed by atoms with Crippen molar-refractivity contribution in [2.75, 3.05) is 17.1 Å². The molecule has 0 saturated heterocycles. The second-order valence-corrected chi connectivity index (χ2v) is 11.8. The average Bonchev–Trinajstić information content (AvgIpc) is 2.90. The predicted molar refractivity (Wildman–Crippen MR) is 152 cm³/mol. The Morgan fingerprint density at radius 3 is 1.98 bits per heavy atom. The van der Waals surface area contributed by atoms with E-state index in [1.807, 2.05) is 44.2 Å². The third-order valence-corrected chi connectivity index (χ3v) is 7.43. The summed E-state index contributed by atoms with van der Waals surface area (Å²) >= 11 is 0. The van der Waals surface area contributed by atoms with Crippen LogP contribution in [0.25, 0.3) is 0 Å². The van der Waals surface area contributed by atoms with Crippen LogP contribution in [0.2, 0.25) is 0 Å². The molecule has 3 aromatic carbocycles. The van der Waals surface area contributed by atoms with Crippen LogP contribution in [-0.4, -0.2) is 50.0 Å². The molecule has 0 radical (unpaired) electrons. The summed E-state index contributed by atoms with van der Waals surface area (Å²) in [5.41, 5.74) is 1.80. The third kappa shape index (κ3) is 9.15. The van der Waals surface area contributed by atoms with Gasteiger partial charge in [0.15, 0.2) is 0 Å². The van der Waals surface area contributed by atoms with Crippen LogP contribution in [0.15, 0.2) is 78.9 Å². The van der Waals surface area contributed by atoms with Crippen LogP contribution in [-0.2, 0) is 32.6 Å². The lowest BCUT2D eigenvalue weighted by molar-refractivity contribution is -0.141. The van der Waals surface area contributed by atoms with Crippen LogP contribution in [0.4, 0.5) is 14.5 Å². The van der Waals surface area contributed by atoms with Gasteiger partial charge in [0.2, 0.25) is 21.8 Å². The van der Waals surface area contributed by atoms with Crippen LogP contribution in [0.5, 0.6) is 0 Å². The van der Waals surface area contributed by atoms with Crippen molar-refractivity contribution >= 4 is 27.5 Å². The molecular weight excluding hydrogens is 536 g/mol. The lowest BCUT2D eigenvalue weighted by Crippen LogP contribution is -2.51. The van der Waals surface area contributed by atoms with Crippen molar-refractivity contribution in [2.24, 2.45) is 0 Å². The van der Waals surface area contributed by atoms with Crippen LogP contribution in [0.1, 0.15) is 37.8 Å². The smallest absolute Gasteiger partial charge is 0.243 e. The first-order chi connectivity index (χ1) is 18.9. The quantitative estimate of drug-likeness (QED) is 0.323. The summed E-state index contributed by atoms with van der Waals surface area (Å²) in [6, 6.07) is 19.1. The maximum atomic E-state index is 13.7. The van der Waals surface area contributed by atoms with Gasteiger partial charge in [0.1, 0.15) is 17.7 Å². The van der Waals surface area contributed by atoms with E-state index in [-0.39, 0.29) is 55.9 Å². The summed E-state index contributed by atoms with van der Waals surface area (Å²) in [6.07, 6.45) is 1.42. The SMILES string of the molecule is CC(C)NC(=O)[C@H](Cc1ccccc1)N(Cc1ccc(F)cc1)C(=O)CCCN(c1ccc(F)cc1)S(C)(=O)=O. The van der Waals surface area contributed by atoms with Crippen molar-refractivity contribution in [1.29, 1.82) is 0 Å². The molecule has 0 fully saturated rings. The lowest BCUT2D eigenvalue weighted by Gasteiger charge is -2.32. The number of nitrogens with one attached hydrogen (secondary N) is 1. The van der Waals surface area contributed by atoms with Gasteiger partial charge in [-0.25, -0.2) is 17.2 Å². The number of carbonyl (C=O) groups excluding carboxylic acids is 2. The Labute approximate surface area is 234 Å². The van der Waals surface area contributed by atoms with E-state index in [2.05, 4.69) is 5.32 Å². The number of nitrogens with zero attached hydrogens (tertiary/aromatic N) is 2. The van der Waals surface area contributed by atoms with Gasteiger partial charge in [-0.15, -0.1) is 0 Å². The van der Waals surface area contributed by atoms with E-state index in [0.717, 1.165) is 16.1 Å². The first kappa shape index (κ1) is 30.7. The molecule has 3 aromatic rings. The molecule has 0 aliphatic rings. The van der Waals surface area contributed by atoms with Crippen LogP contribution < -0.4 is 9.62 Å². The Morgan fingerprint density at radius 1 is 0.850 bits per heavy atom. The summed E-state index contributed by atoms with van der Waals surface area (Å²) in [6.45, 7) is 3.72. The maximum absolute atomic E-state index is 13.7. The van der Waals surface area contributed by atoms with Crippen molar-refractivity contribution in [1.82, 2.24) is 10.2 Å². The zero-order valence-electron chi connectivity index (χ0n) is 22.9. The van der Waals surface area contributed by atoms with Gasteiger partial charge in [0.25, 0.3) is 0 Å². The van der Waals surface area contributed by atoms with E-state index < -0.39 is 27.7 Å². The Hall–Kier alpha value is -3.79. The second kappa shape index (κ2) is 14.0. The van der Waals surface area contributed by atoms with Gasteiger partial charge in [0, 0.05) is 32.0 Å². The number of hydrogen-bond donors (Lipinski definition) is 1. The number of halogens is 2. The minimum atomic E-state index is -3.70. The standard InChI is InChI=1S/C30H35F2N3O4S/c1-22(2)33-30(37)28(20-23-8-5-4-6-9-23)34(21-24-11-13-25(31)14-12-24)29(36)10-7-19-35(40(3,38)39)27-17-15-26(32)16-18-27/h4-6,8-9,11-18,22,28H,7,10,19-21H2,1-3H3,(H,33,37)/t28-/m0/s1. The Morgan fingerprint density at radius 2 is 1.43 bits per heavy atom. The van der Waals surface area contributed by atoms with Gasteiger partial charge >= 0.3 is 0 Å². The highest BCUT2D eigenvalue weighted by atomic mass is 32.2. The van der Waals surface area contributed by atoms with Crippen molar-refractivity contribution in [3.63, 3.8) is 0 Å². The molecule has 0 saturated carbocycles. The summed E-state index contributed by atoms with van der Waals surface area (Å²) < 4.78 is 53.0. The third-order valence-electron chi connectivity index (χ3n) is 6.23. The van der Waals surface area contributed by atoms with E-state index in [9.17, 15) is 26.8 Å². The second-order valence-electron chi connectivity index (χ2n) is 9.93. The number of rotatable bonds is 13. The number of anilines is 1. The van der Waals surface area contributed by atoms with E-state index in [1.54, 1.807) is 12.1 Å². The minimum absolute atomic E-state index is 0.0118. The van der Waals surface area contributed by atoms with Gasteiger partial charge in [-0.05, 0) is 67.8 Å². The van der Waals surface area contributed by atoms with Crippen molar-refractivity contribution in [2.45, 2.75) is 51.7 Å². The van der Waals surface area contributed by atoms with Gasteiger partial charge < -0.3 is 10.2 Å². The molecule has 0 aliphatic heterocycles. The number of amides is 2. The molecule has 10 heteroatoms. The molecule has 214 valence electrons. The first-order valence-corrected chi connectivity index (χ1v) is 14.9. The van der Waals surface area contributed by atoms with Crippen molar-refractivity contribution in [3.8, 4) is 0 Å². The van der Waals surface area contributed by atoms with Crippen LogP contribution in [0, 0.1) is 11.6 Å². The molecule has 7 nitrogen and oxygen atoms in total. The molecule has 0 aliphatic carbocycles. The van der Waals surface area contributed by atoms with Gasteiger partial charge in [-0.1, -0.05) is 42.5 Å². The highest BCUT2D eigenvalue weighted by molar-refractivity contribution is 7.92. The molecule has 2 amide bonds. The van der Waals surface area contributed by atoms with Gasteiger partial charge in [0.05, 0.1) is 11.9 Å². The molecule has 1 N–H and O–H groups in total. The number of hydrogen-bond acceptors (Lipinski definition) is 4. The predicted octanol–water partition coefficient (Wildman–Crippen LogP) is 4.68. The van der Waals surface area contributed by atoms with Gasteiger partial charge in [-0.3, -0.25) is 13.9 Å². The topological polar surface area (TPSA) is 86.8 Å². The zero-order valence-corrected chi connectivity index (χ0v) is 23.7. The van der Waals surface area contributed by atoms with Crippen molar-refractivity contribution in [3.05, 3.63) is 102 Å². The van der Waals surface area contributed by atoms with Crippen molar-refractivity contribution < 1.29 is 26.8 Å². The Balaban J connectivity index is 1.87. The fraction of sp³-hybridized carbons (Fsp3) is 0.333. The maximum Gasteiger partial charge on any atom is 0.243 e. The first-order valence-electron chi connectivity index (χ1n) is 13.1. The highest BCUT2D eigenvalue weighted by Crippen LogP contribution is 2.21. The number of benzene rings is 3. The molecule has 0 heterocycles.